The summed E-state index contributed by atoms with van der Waals surface area (Å²) >= 11 is 0. The molecule has 2 N–H and O–H groups in total. The van der Waals surface area contributed by atoms with E-state index in [1.165, 1.54) is 12.8 Å². The van der Waals surface area contributed by atoms with Gasteiger partial charge in [-0.3, -0.25) is 0 Å². The molecule has 2 aliphatic heterocycles. The lowest BCUT2D eigenvalue weighted by molar-refractivity contribution is 0.329. The van der Waals surface area contributed by atoms with Gasteiger partial charge in [0.25, 0.3) is 0 Å². The van der Waals surface area contributed by atoms with E-state index in [-0.39, 0.29) is 0 Å². The minimum absolute atomic E-state index is 0.407. The fourth-order valence-corrected chi connectivity index (χ4v) is 3.06. The summed E-state index contributed by atoms with van der Waals surface area (Å²) in [5.41, 5.74) is 0.913. The maximum Gasteiger partial charge on any atom is 0.231 e. The molecule has 2 aromatic heterocycles. The lowest BCUT2D eigenvalue weighted by Gasteiger charge is -2.15. The second kappa shape index (κ2) is 3.43. The van der Waals surface area contributed by atoms with Crippen LogP contribution in [-0.2, 0) is 0 Å². The molecule has 5 nitrogen and oxygen atoms in total. The van der Waals surface area contributed by atoms with Gasteiger partial charge in [-0.2, -0.15) is 4.98 Å². The first-order valence-electron chi connectivity index (χ1n) is 6.13. The summed E-state index contributed by atoms with van der Waals surface area (Å²) in [5, 5.41) is 7.63. The highest BCUT2D eigenvalue weighted by Gasteiger charge is 2.42. The molecular weight excluding hydrogens is 216 g/mol. The van der Waals surface area contributed by atoms with Gasteiger partial charge in [-0.15, -0.1) is 0 Å². The van der Waals surface area contributed by atoms with Gasteiger partial charge in [0.2, 0.25) is 11.7 Å². The predicted molar refractivity (Wildman–Crippen MR) is 61.4 cm³/mol. The van der Waals surface area contributed by atoms with E-state index in [0.29, 0.717) is 23.8 Å². The number of hydrogen-bond acceptors (Lipinski definition) is 4. The van der Waals surface area contributed by atoms with Gasteiger partial charge in [0.05, 0.1) is 11.6 Å². The van der Waals surface area contributed by atoms with Crippen LogP contribution in [0.1, 0.15) is 31.1 Å². The van der Waals surface area contributed by atoms with Crippen LogP contribution in [0.25, 0.3) is 11.5 Å². The third-order valence-electron chi connectivity index (χ3n) is 3.90. The topological polar surface area (TPSA) is 66.7 Å². The fourth-order valence-electron chi connectivity index (χ4n) is 3.06. The minimum atomic E-state index is 0.407. The van der Waals surface area contributed by atoms with Crippen LogP contribution in [0.4, 0.5) is 0 Å². The monoisotopic (exact) mass is 230 g/mol. The summed E-state index contributed by atoms with van der Waals surface area (Å²) in [5.74, 6) is 1.85. The zero-order valence-electron chi connectivity index (χ0n) is 9.39. The molecule has 17 heavy (non-hydrogen) atoms. The maximum absolute atomic E-state index is 5.40. The number of aromatic nitrogens is 3. The van der Waals surface area contributed by atoms with Crippen LogP contribution >= 0.6 is 0 Å². The Kier molecular flexibility index (Phi) is 1.90. The van der Waals surface area contributed by atoms with Crippen molar-refractivity contribution in [2.45, 2.75) is 37.3 Å². The van der Waals surface area contributed by atoms with E-state index in [0.717, 1.165) is 18.0 Å². The standard InChI is InChI=1S/C12H14N4O/c1-2-10(13-5-1)11-15-12(17-16-11)8-6-7-3-4-9(8)14-7/h1-2,5,7-9,13-14H,3-4,6H2. The van der Waals surface area contributed by atoms with Gasteiger partial charge >= 0.3 is 0 Å². The highest BCUT2D eigenvalue weighted by molar-refractivity contribution is 5.47. The highest BCUT2D eigenvalue weighted by Crippen LogP contribution is 2.39. The van der Waals surface area contributed by atoms with Crippen molar-refractivity contribution < 1.29 is 4.52 Å². The normalized spacial score (nSPS) is 31.2. The summed E-state index contributed by atoms with van der Waals surface area (Å²) in [6.07, 6.45) is 5.52. The molecule has 2 aliphatic rings. The van der Waals surface area contributed by atoms with Crippen LogP contribution < -0.4 is 5.32 Å². The average Bonchev–Trinajstić information content (AvgIpc) is 3.12. The molecule has 2 saturated heterocycles. The molecule has 4 heterocycles. The summed E-state index contributed by atoms with van der Waals surface area (Å²) in [6.45, 7) is 0. The van der Waals surface area contributed by atoms with Crippen LogP contribution in [0.5, 0.6) is 0 Å². The molecule has 0 aromatic carbocycles. The van der Waals surface area contributed by atoms with Crippen molar-refractivity contribution in [1.82, 2.24) is 20.4 Å². The van der Waals surface area contributed by atoms with Gasteiger partial charge in [0.15, 0.2) is 0 Å². The molecule has 2 fully saturated rings. The molecule has 5 heteroatoms. The average molecular weight is 230 g/mol. The third-order valence-corrected chi connectivity index (χ3v) is 3.90. The summed E-state index contributed by atoms with van der Waals surface area (Å²) in [6, 6.07) is 5.08. The molecule has 3 unspecified atom stereocenters. The summed E-state index contributed by atoms with van der Waals surface area (Å²) < 4.78 is 5.40. The van der Waals surface area contributed by atoms with Crippen LogP contribution in [0.3, 0.4) is 0 Å². The smallest absolute Gasteiger partial charge is 0.231 e. The molecule has 4 rings (SSSR count). The van der Waals surface area contributed by atoms with Crippen molar-refractivity contribution >= 4 is 0 Å². The van der Waals surface area contributed by atoms with E-state index in [9.17, 15) is 0 Å². The zero-order valence-corrected chi connectivity index (χ0v) is 9.39. The van der Waals surface area contributed by atoms with E-state index in [1.54, 1.807) is 0 Å². The largest absolute Gasteiger partial charge is 0.359 e. The Labute approximate surface area is 98.6 Å². The van der Waals surface area contributed by atoms with E-state index in [2.05, 4.69) is 20.4 Å². The van der Waals surface area contributed by atoms with Crippen molar-refractivity contribution in [3.63, 3.8) is 0 Å². The fraction of sp³-hybridized carbons (Fsp3) is 0.500. The Hall–Kier alpha value is -1.62. The van der Waals surface area contributed by atoms with Crippen molar-refractivity contribution in [1.29, 1.82) is 0 Å². The molecular formula is C12H14N4O. The third kappa shape index (κ3) is 1.42. The first kappa shape index (κ1) is 9.41. The Morgan fingerprint density at radius 2 is 2.35 bits per heavy atom. The number of fused-ring (bicyclic) bond motifs is 2. The number of H-pyrrole nitrogens is 1. The van der Waals surface area contributed by atoms with Crippen LogP contribution in [-0.4, -0.2) is 27.2 Å². The van der Waals surface area contributed by atoms with Crippen LogP contribution in [0, 0.1) is 0 Å². The molecule has 0 saturated carbocycles. The Morgan fingerprint density at radius 1 is 1.35 bits per heavy atom. The van der Waals surface area contributed by atoms with E-state index >= 15 is 0 Å². The zero-order chi connectivity index (χ0) is 11.2. The molecule has 88 valence electrons. The minimum Gasteiger partial charge on any atom is -0.359 e. The maximum atomic E-state index is 5.40. The highest BCUT2D eigenvalue weighted by atomic mass is 16.5. The van der Waals surface area contributed by atoms with E-state index in [4.69, 9.17) is 4.52 Å². The molecule has 0 amide bonds. The Morgan fingerprint density at radius 3 is 3.06 bits per heavy atom. The Bertz CT molecular complexity index is 518. The lowest BCUT2D eigenvalue weighted by Crippen LogP contribution is -2.21. The number of rotatable bonds is 2. The number of aromatic amines is 1. The van der Waals surface area contributed by atoms with E-state index < -0.39 is 0 Å². The summed E-state index contributed by atoms with van der Waals surface area (Å²) in [7, 11) is 0. The quantitative estimate of drug-likeness (QED) is 0.823. The van der Waals surface area contributed by atoms with Gasteiger partial charge in [0, 0.05) is 18.3 Å². The van der Waals surface area contributed by atoms with Gasteiger partial charge < -0.3 is 14.8 Å². The second-order valence-corrected chi connectivity index (χ2v) is 4.93. The van der Waals surface area contributed by atoms with Gasteiger partial charge in [-0.1, -0.05) is 5.16 Å². The molecule has 0 spiro atoms. The molecule has 2 aromatic rings. The van der Waals surface area contributed by atoms with Gasteiger partial charge in [0.1, 0.15) is 0 Å². The number of hydrogen-bond donors (Lipinski definition) is 2. The Balaban J connectivity index is 1.63. The second-order valence-electron chi connectivity index (χ2n) is 4.93. The molecule has 0 radical (unpaired) electrons. The van der Waals surface area contributed by atoms with Crippen molar-refractivity contribution in [2.75, 3.05) is 0 Å². The first-order chi connectivity index (χ1) is 8.40. The number of nitrogens with zero attached hydrogens (tertiary/aromatic N) is 2. The van der Waals surface area contributed by atoms with Crippen LogP contribution in [0.2, 0.25) is 0 Å². The van der Waals surface area contributed by atoms with Gasteiger partial charge in [-0.25, -0.2) is 0 Å². The van der Waals surface area contributed by atoms with Crippen molar-refractivity contribution in [3.8, 4) is 11.5 Å². The van der Waals surface area contributed by atoms with Crippen LogP contribution in [0.15, 0.2) is 22.9 Å². The lowest BCUT2D eigenvalue weighted by atomic mass is 9.89. The SMILES string of the molecule is c1c[nH]c(-c2noc(C3CC4CCC3N4)n2)c1. The molecule has 0 aliphatic carbocycles. The van der Waals surface area contributed by atoms with E-state index in [1.807, 2.05) is 18.3 Å². The van der Waals surface area contributed by atoms with Crippen molar-refractivity contribution in [3.05, 3.63) is 24.2 Å². The van der Waals surface area contributed by atoms with Crippen molar-refractivity contribution in [2.24, 2.45) is 0 Å². The molecule has 3 atom stereocenters. The number of nitrogens with one attached hydrogen (secondary N) is 2. The predicted octanol–water partition coefficient (Wildman–Crippen LogP) is 1.67. The summed E-state index contributed by atoms with van der Waals surface area (Å²) in [4.78, 5) is 7.60. The molecule has 2 bridgehead atoms. The van der Waals surface area contributed by atoms with Gasteiger partial charge in [-0.05, 0) is 31.4 Å². The first-order valence-corrected chi connectivity index (χ1v) is 6.13.